The molecule has 0 spiro atoms. The lowest BCUT2D eigenvalue weighted by atomic mass is 9.95. The number of nitrogens with one attached hydrogen (secondary N) is 2. The molecule has 34 heavy (non-hydrogen) atoms. The van der Waals surface area contributed by atoms with Gasteiger partial charge in [0.1, 0.15) is 5.82 Å². The van der Waals surface area contributed by atoms with E-state index in [1.807, 2.05) is 25.1 Å². The van der Waals surface area contributed by atoms with Crippen molar-refractivity contribution in [2.24, 2.45) is 5.92 Å². The second-order valence-electron chi connectivity index (χ2n) is 8.58. The first kappa shape index (κ1) is 23.9. The predicted molar refractivity (Wildman–Crippen MR) is 131 cm³/mol. The summed E-state index contributed by atoms with van der Waals surface area (Å²) in [4.78, 5) is 15.0. The molecule has 1 aliphatic rings. The number of likely N-dealkylation sites (tertiary alicyclic amines) is 1. The number of rotatable bonds is 7. The highest BCUT2D eigenvalue weighted by atomic mass is 32.2. The van der Waals surface area contributed by atoms with Crippen molar-refractivity contribution in [2.45, 2.75) is 31.2 Å². The van der Waals surface area contributed by atoms with Gasteiger partial charge in [0.2, 0.25) is 5.91 Å². The van der Waals surface area contributed by atoms with Crippen LogP contribution >= 0.6 is 0 Å². The Morgan fingerprint density at radius 2 is 1.62 bits per heavy atom. The Morgan fingerprint density at radius 3 is 2.29 bits per heavy atom. The van der Waals surface area contributed by atoms with E-state index in [-0.39, 0.29) is 22.5 Å². The molecule has 0 bridgehead atoms. The van der Waals surface area contributed by atoms with Gasteiger partial charge in [-0.05, 0) is 74.8 Å². The number of halogens is 1. The summed E-state index contributed by atoms with van der Waals surface area (Å²) in [6.45, 7) is 3.80. The van der Waals surface area contributed by atoms with E-state index in [4.69, 9.17) is 0 Å². The number of aryl methyl sites for hydroxylation is 1. The summed E-state index contributed by atoms with van der Waals surface area (Å²) in [7, 11) is -3.73. The largest absolute Gasteiger partial charge is 0.326 e. The molecule has 1 fully saturated rings. The lowest BCUT2D eigenvalue weighted by Gasteiger charge is -2.31. The van der Waals surface area contributed by atoms with Crippen molar-refractivity contribution < 1.29 is 17.6 Å². The summed E-state index contributed by atoms with van der Waals surface area (Å²) in [5.41, 5.74) is 2.57. The first-order valence-corrected chi connectivity index (χ1v) is 12.8. The SMILES string of the molecule is Cc1ccccc1NS(=O)(=O)c1ccc(NC(=O)C2CCN(Cc3ccccc3F)CC2)cc1. The van der Waals surface area contributed by atoms with Gasteiger partial charge in [-0.25, -0.2) is 12.8 Å². The smallest absolute Gasteiger partial charge is 0.261 e. The monoisotopic (exact) mass is 481 g/mol. The van der Waals surface area contributed by atoms with E-state index in [2.05, 4.69) is 14.9 Å². The van der Waals surface area contributed by atoms with Crippen LogP contribution in [-0.4, -0.2) is 32.3 Å². The zero-order chi connectivity index (χ0) is 24.1. The zero-order valence-corrected chi connectivity index (χ0v) is 19.8. The van der Waals surface area contributed by atoms with Gasteiger partial charge >= 0.3 is 0 Å². The molecule has 178 valence electrons. The van der Waals surface area contributed by atoms with Crippen LogP contribution in [0.1, 0.15) is 24.0 Å². The van der Waals surface area contributed by atoms with Crippen LogP contribution in [0.2, 0.25) is 0 Å². The number of hydrogen-bond donors (Lipinski definition) is 2. The summed E-state index contributed by atoms with van der Waals surface area (Å²) in [5, 5.41) is 2.89. The predicted octanol–water partition coefficient (Wildman–Crippen LogP) is 4.79. The number of nitrogens with zero attached hydrogens (tertiary/aromatic N) is 1. The van der Waals surface area contributed by atoms with Crippen molar-refractivity contribution in [3.8, 4) is 0 Å². The molecule has 0 saturated carbocycles. The molecule has 1 heterocycles. The van der Waals surface area contributed by atoms with Crippen LogP contribution in [0, 0.1) is 18.7 Å². The third-order valence-electron chi connectivity index (χ3n) is 6.13. The van der Waals surface area contributed by atoms with Crippen molar-refractivity contribution in [1.82, 2.24) is 4.90 Å². The van der Waals surface area contributed by atoms with Crippen molar-refractivity contribution in [3.05, 3.63) is 89.7 Å². The molecule has 8 heteroatoms. The Labute approximate surface area is 199 Å². The van der Waals surface area contributed by atoms with Gasteiger partial charge < -0.3 is 5.32 Å². The number of sulfonamides is 1. The maximum atomic E-state index is 13.9. The fourth-order valence-electron chi connectivity index (χ4n) is 4.07. The van der Waals surface area contributed by atoms with Gasteiger partial charge in [-0.2, -0.15) is 0 Å². The van der Waals surface area contributed by atoms with E-state index in [0.29, 0.717) is 49.4 Å². The minimum atomic E-state index is -3.73. The molecule has 2 N–H and O–H groups in total. The van der Waals surface area contributed by atoms with Crippen LogP contribution in [0.3, 0.4) is 0 Å². The number of amides is 1. The average molecular weight is 482 g/mol. The molecule has 1 saturated heterocycles. The molecule has 3 aromatic rings. The number of carbonyl (C=O) groups is 1. The van der Waals surface area contributed by atoms with Gasteiger partial charge in [0.05, 0.1) is 10.6 Å². The number of hydrogen-bond acceptors (Lipinski definition) is 4. The highest BCUT2D eigenvalue weighted by Crippen LogP contribution is 2.23. The normalized spacial score (nSPS) is 15.1. The van der Waals surface area contributed by atoms with Crippen molar-refractivity contribution >= 4 is 27.3 Å². The van der Waals surface area contributed by atoms with E-state index in [1.165, 1.54) is 18.2 Å². The Balaban J connectivity index is 1.31. The Hall–Kier alpha value is -3.23. The third kappa shape index (κ3) is 5.81. The molecular formula is C26H28FN3O3S. The van der Waals surface area contributed by atoms with Gasteiger partial charge in [-0.3, -0.25) is 14.4 Å². The van der Waals surface area contributed by atoms with E-state index in [1.54, 1.807) is 36.4 Å². The molecule has 0 aromatic heterocycles. The molecule has 1 aliphatic heterocycles. The van der Waals surface area contributed by atoms with Crippen LogP contribution in [0.15, 0.2) is 77.7 Å². The van der Waals surface area contributed by atoms with Crippen molar-refractivity contribution in [2.75, 3.05) is 23.1 Å². The number of para-hydroxylation sites is 1. The topological polar surface area (TPSA) is 78.5 Å². The van der Waals surface area contributed by atoms with Crippen molar-refractivity contribution in [1.29, 1.82) is 0 Å². The first-order chi connectivity index (χ1) is 16.3. The zero-order valence-electron chi connectivity index (χ0n) is 19.0. The van der Waals surface area contributed by atoms with Crippen LogP contribution in [0.25, 0.3) is 0 Å². The highest BCUT2D eigenvalue weighted by Gasteiger charge is 2.25. The number of anilines is 2. The first-order valence-electron chi connectivity index (χ1n) is 11.3. The third-order valence-corrected chi connectivity index (χ3v) is 7.51. The average Bonchev–Trinajstić information content (AvgIpc) is 2.83. The maximum Gasteiger partial charge on any atom is 0.261 e. The van der Waals surface area contributed by atoms with E-state index < -0.39 is 10.0 Å². The highest BCUT2D eigenvalue weighted by molar-refractivity contribution is 7.92. The van der Waals surface area contributed by atoms with E-state index in [9.17, 15) is 17.6 Å². The molecule has 3 aromatic carbocycles. The standard InChI is InChI=1S/C26H28FN3O3S/c1-19-6-2-5-9-25(19)29-34(32,33)23-12-10-22(11-13-23)28-26(31)20-14-16-30(17-15-20)18-21-7-3-4-8-24(21)27/h2-13,20,29H,14-18H2,1H3,(H,28,31). The molecule has 1 amide bonds. The minimum Gasteiger partial charge on any atom is -0.326 e. The fourth-order valence-corrected chi connectivity index (χ4v) is 5.20. The Morgan fingerprint density at radius 1 is 0.971 bits per heavy atom. The van der Waals surface area contributed by atoms with Gasteiger partial charge in [0.15, 0.2) is 0 Å². The van der Waals surface area contributed by atoms with Crippen LogP contribution in [0.5, 0.6) is 0 Å². The van der Waals surface area contributed by atoms with Crippen LogP contribution in [-0.2, 0) is 21.4 Å². The fraction of sp³-hybridized carbons (Fsp3) is 0.269. The molecule has 0 aliphatic carbocycles. The summed E-state index contributed by atoms with van der Waals surface area (Å²) in [6, 6.07) is 20.1. The summed E-state index contributed by atoms with van der Waals surface area (Å²) in [6.07, 6.45) is 1.38. The second-order valence-corrected chi connectivity index (χ2v) is 10.3. The number of carbonyl (C=O) groups excluding carboxylic acids is 1. The lowest BCUT2D eigenvalue weighted by molar-refractivity contribution is -0.121. The number of benzene rings is 3. The summed E-state index contributed by atoms with van der Waals surface area (Å²) >= 11 is 0. The van der Waals surface area contributed by atoms with E-state index >= 15 is 0 Å². The molecule has 6 nitrogen and oxygen atoms in total. The van der Waals surface area contributed by atoms with Gasteiger partial charge in [0.25, 0.3) is 10.0 Å². The van der Waals surface area contributed by atoms with Gasteiger partial charge in [0, 0.05) is 23.7 Å². The second kappa shape index (κ2) is 10.4. The molecule has 4 rings (SSSR count). The molecular weight excluding hydrogens is 453 g/mol. The van der Waals surface area contributed by atoms with Crippen LogP contribution < -0.4 is 10.0 Å². The molecule has 0 radical (unpaired) electrons. The summed E-state index contributed by atoms with van der Waals surface area (Å²) < 4.78 is 41.9. The molecule has 0 unspecified atom stereocenters. The van der Waals surface area contributed by atoms with Crippen LogP contribution in [0.4, 0.5) is 15.8 Å². The maximum absolute atomic E-state index is 13.9. The molecule has 0 atom stereocenters. The quantitative estimate of drug-likeness (QED) is 0.509. The Bertz CT molecular complexity index is 1250. The lowest BCUT2D eigenvalue weighted by Crippen LogP contribution is -2.37. The summed E-state index contributed by atoms with van der Waals surface area (Å²) in [5.74, 6) is -0.427. The van der Waals surface area contributed by atoms with Gasteiger partial charge in [-0.15, -0.1) is 0 Å². The number of piperidine rings is 1. The Kier molecular flexibility index (Phi) is 7.29. The van der Waals surface area contributed by atoms with E-state index in [0.717, 1.165) is 5.56 Å². The van der Waals surface area contributed by atoms with Crippen molar-refractivity contribution in [3.63, 3.8) is 0 Å². The van der Waals surface area contributed by atoms with Gasteiger partial charge in [-0.1, -0.05) is 36.4 Å². The minimum absolute atomic E-state index is 0.0841.